The van der Waals surface area contributed by atoms with Crippen molar-refractivity contribution in [2.45, 2.75) is 31.7 Å². The fourth-order valence-corrected chi connectivity index (χ4v) is 2.48. The highest BCUT2D eigenvalue weighted by Gasteiger charge is 2.37. The van der Waals surface area contributed by atoms with Gasteiger partial charge in [-0.05, 0) is 31.4 Å². The van der Waals surface area contributed by atoms with Crippen molar-refractivity contribution < 1.29 is 9.13 Å². The molecule has 0 saturated carbocycles. The van der Waals surface area contributed by atoms with E-state index in [1.165, 1.54) is 12.3 Å². The van der Waals surface area contributed by atoms with E-state index in [1.54, 1.807) is 6.07 Å². The lowest BCUT2D eigenvalue weighted by atomic mass is 9.76. The van der Waals surface area contributed by atoms with Crippen LogP contribution < -0.4 is 5.73 Å². The smallest absolute Gasteiger partial charge is 0.141 e. The molecule has 1 fully saturated rings. The second kappa shape index (κ2) is 5.10. The number of hydrogen-bond donors (Lipinski definition) is 1. The van der Waals surface area contributed by atoms with Crippen LogP contribution in [0.4, 0.5) is 4.39 Å². The number of ether oxygens (including phenoxy) is 1. The summed E-state index contributed by atoms with van der Waals surface area (Å²) in [6.07, 6.45) is 4.09. The Morgan fingerprint density at radius 1 is 1.59 bits per heavy atom. The molecule has 0 spiro atoms. The van der Waals surface area contributed by atoms with Gasteiger partial charge in [0.05, 0.1) is 24.0 Å². The molecule has 2 atom stereocenters. The van der Waals surface area contributed by atoms with Gasteiger partial charge in [0.25, 0.3) is 0 Å². The van der Waals surface area contributed by atoms with Crippen LogP contribution in [0.3, 0.4) is 0 Å². The maximum absolute atomic E-state index is 12.9. The van der Waals surface area contributed by atoms with Crippen molar-refractivity contribution in [1.29, 1.82) is 0 Å². The van der Waals surface area contributed by atoms with Gasteiger partial charge in [0.1, 0.15) is 5.82 Å². The molecule has 2 unspecified atom stereocenters. The van der Waals surface area contributed by atoms with Crippen molar-refractivity contribution >= 4 is 0 Å². The first-order valence-electron chi connectivity index (χ1n) is 6.15. The molecule has 2 N–H and O–H groups in total. The topological polar surface area (TPSA) is 48.1 Å². The van der Waals surface area contributed by atoms with Crippen LogP contribution in [-0.4, -0.2) is 18.2 Å². The van der Waals surface area contributed by atoms with E-state index in [4.69, 9.17) is 10.5 Å². The Balaban J connectivity index is 2.25. The van der Waals surface area contributed by atoms with E-state index in [1.807, 2.05) is 6.92 Å². The fourth-order valence-electron chi connectivity index (χ4n) is 2.48. The molecule has 1 aliphatic rings. The number of nitrogens with zero attached hydrogens (tertiary/aromatic N) is 1. The molecule has 0 amide bonds. The number of halogens is 1. The van der Waals surface area contributed by atoms with E-state index in [9.17, 15) is 4.39 Å². The zero-order valence-corrected chi connectivity index (χ0v) is 10.2. The van der Waals surface area contributed by atoms with E-state index in [0.717, 1.165) is 31.6 Å². The summed E-state index contributed by atoms with van der Waals surface area (Å²) in [5.41, 5.74) is 6.73. The summed E-state index contributed by atoms with van der Waals surface area (Å²) in [5.74, 6) is -0.0636. The number of pyridine rings is 1. The molecule has 0 bridgehead atoms. The molecular weight excluding hydrogens is 219 g/mol. The summed E-state index contributed by atoms with van der Waals surface area (Å²) in [7, 11) is 0. The molecule has 1 aliphatic heterocycles. The second-order valence-electron chi connectivity index (χ2n) is 4.67. The zero-order valence-electron chi connectivity index (χ0n) is 10.2. The fraction of sp³-hybridized carbons (Fsp3) is 0.615. The highest BCUT2D eigenvalue weighted by molar-refractivity contribution is 5.17. The predicted molar refractivity (Wildman–Crippen MR) is 63.9 cm³/mol. The van der Waals surface area contributed by atoms with Crippen LogP contribution in [0.5, 0.6) is 0 Å². The van der Waals surface area contributed by atoms with E-state index in [-0.39, 0.29) is 11.7 Å². The van der Waals surface area contributed by atoms with Crippen LogP contribution in [0.15, 0.2) is 18.3 Å². The summed E-state index contributed by atoms with van der Waals surface area (Å²) < 4.78 is 18.4. The van der Waals surface area contributed by atoms with Crippen molar-refractivity contribution in [2.24, 2.45) is 11.7 Å². The lowest BCUT2D eigenvalue weighted by Gasteiger charge is -2.38. The minimum Gasteiger partial charge on any atom is -0.381 e. The van der Waals surface area contributed by atoms with Gasteiger partial charge in [-0.3, -0.25) is 4.98 Å². The van der Waals surface area contributed by atoms with Crippen molar-refractivity contribution in [2.75, 3.05) is 13.2 Å². The summed E-state index contributed by atoms with van der Waals surface area (Å²) in [4.78, 5) is 4.14. The Hall–Kier alpha value is -1.00. The molecule has 3 nitrogen and oxygen atoms in total. The van der Waals surface area contributed by atoms with Gasteiger partial charge in [0.15, 0.2) is 0 Å². The van der Waals surface area contributed by atoms with Crippen LogP contribution in [0.1, 0.15) is 31.9 Å². The molecule has 4 heteroatoms. The Labute approximate surface area is 101 Å². The summed E-state index contributed by atoms with van der Waals surface area (Å²) in [6, 6.07) is 3.11. The number of hydrogen-bond acceptors (Lipinski definition) is 3. The molecule has 0 aromatic carbocycles. The molecule has 1 aromatic rings. The predicted octanol–water partition coefficient (Wildman–Crippen LogP) is 2.21. The number of nitrogens with two attached hydrogens (primary N) is 1. The van der Waals surface area contributed by atoms with Crippen molar-refractivity contribution in [1.82, 2.24) is 4.98 Å². The first kappa shape index (κ1) is 12.5. The quantitative estimate of drug-likeness (QED) is 0.878. The van der Waals surface area contributed by atoms with Crippen LogP contribution in [0, 0.1) is 11.7 Å². The van der Waals surface area contributed by atoms with Gasteiger partial charge in [0.2, 0.25) is 0 Å². The Kier molecular flexibility index (Phi) is 3.74. The molecule has 2 rings (SSSR count). The van der Waals surface area contributed by atoms with E-state index in [0.29, 0.717) is 6.61 Å². The summed E-state index contributed by atoms with van der Waals surface area (Å²) in [6.45, 7) is 3.52. The average molecular weight is 238 g/mol. The second-order valence-corrected chi connectivity index (χ2v) is 4.67. The first-order chi connectivity index (χ1) is 8.16. The SMILES string of the molecule is CCC(N)(c1ccc(F)cn1)C1CCCOC1. The Morgan fingerprint density at radius 2 is 2.41 bits per heavy atom. The largest absolute Gasteiger partial charge is 0.381 e. The minimum absolute atomic E-state index is 0.263. The molecule has 2 heterocycles. The number of rotatable bonds is 3. The lowest BCUT2D eigenvalue weighted by molar-refractivity contribution is 0.0175. The third-order valence-electron chi connectivity index (χ3n) is 3.68. The van der Waals surface area contributed by atoms with Gasteiger partial charge in [-0.25, -0.2) is 4.39 Å². The molecule has 17 heavy (non-hydrogen) atoms. The molecule has 94 valence electrons. The highest BCUT2D eigenvalue weighted by atomic mass is 19.1. The normalized spacial score (nSPS) is 24.3. The van der Waals surface area contributed by atoms with E-state index in [2.05, 4.69) is 4.98 Å². The average Bonchev–Trinajstić information content (AvgIpc) is 2.40. The van der Waals surface area contributed by atoms with Gasteiger partial charge in [-0.1, -0.05) is 6.92 Å². The summed E-state index contributed by atoms with van der Waals surface area (Å²) >= 11 is 0. The molecule has 0 radical (unpaired) electrons. The standard InChI is InChI=1S/C13H19FN2O/c1-2-13(15,10-4-3-7-17-9-10)12-6-5-11(14)8-16-12/h5-6,8,10H,2-4,7,9,15H2,1H3. The maximum Gasteiger partial charge on any atom is 0.141 e. The minimum atomic E-state index is -0.506. The van der Waals surface area contributed by atoms with E-state index < -0.39 is 5.54 Å². The van der Waals surface area contributed by atoms with Gasteiger partial charge in [-0.2, -0.15) is 0 Å². The van der Waals surface area contributed by atoms with Gasteiger partial charge < -0.3 is 10.5 Å². The molecular formula is C13H19FN2O. The Bertz CT molecular complexity index is 362. The van der Waals surface area contributed by atoms with E-state index >= 15 is 0 Å². The Morgan fingerprint density at radius 3 is 2.94 bits per heavy atom. The van der Waals surface area contributed by atoms with Crippen LogP contribution in [-0.2, 0) is 10.3 Å². The maximum atomic E-state index is 12.9. The van der Waals surface area contributed by atoms with Gasteiger partial charge >= 0.3 is 0 Å². The first-order valence-corrected chi connectivity index (χ1v) is 6.15. The highest BCUT2D eigenvalue weighted by Crippen LogP contribution is 2.34. The van der Waals surface area contributed by atoms with Crippen molar-refractivity contribution in [3.63, 3.8) is 0 Å². The van der Waals surface area contributed by atoms with Gasteiger partial charge in [0, 0.05) is 12.5 Å². The third kappa shape index (κ3) is 2.48. The summed E-state index contributed by atoms with van der Waals surface area (Å²) in [5, 5.41) is 0. The van der Waals surface area contributed by atoms with Crippen LogP contribution in [0.25, 0.3) is 0 Å². The van der Waals surface area contributed by atoms with Crippen molar-refractivity contribution in [3.8, 4) is 0 Å². The lowest BCUT2D eigenvalue weighted by Crippen LogP contribution is -2.47. The molecule has 1 saturated heterocycles. The zero-order chi connectivity index (χ0) is 12.3. The molecule has 0 aliphatic carbocycles. The van der Waals surface area contributed by atoms with Crippen molar-refractivity contribution in [3.05, 3.63) is 29.8 Å². The van der Waals surface area contributed by atoms with Crippen LogP contribution >= 0.6 is 0 Å². The van der Waals surface area contributed by atoms with Crippen LogP contribution in [0.2, 0.25) is 0 Å². The van der Waals surface area contributed by atoms with Gasteiger partial charge in [-0.15, -0.1) is 0 Å². The molecule has 1 aromatic heterocycles. The number of aromatic nitrogens is 1. The third-order valence-corrected chi connectivity index (χ3v) is 3.68. The monoisotopic (exact) mass is 238 g/mol.